The molecular formula is C16H18N2O4. The molecule has 0 bridgehead atoms. The number of carbonyl (C=O) groups excluding carboxylic acids is 1. The summed E-state index contributed by atoms with van der Waals surface area (Å²) >= 11 is 0. The lowest BCUT2D eigenvalue weighted by molar-refractivity contribution is -0.137. The van der Waals surface area contributed by atoms with E-state index in [0.29, 0.717) is 24.6 Å². The molecule has 6 heteroatoms. The van der Waals surface area contributed by atoms with Gasteiger partial charge in [-0.15, -0.1) is 0 Å². The summed E-state index contributed by atoms with van der Waals surface area (Å²) in [5.41, 5.74) is 1.33. The number of carboxylic acid groups (broad SMARTS) is 1. The predicted octanol–water partition coefficient (Wildman–Crippen LogP) is 2.59. The van der Waals surface area contributed by atoms with Crippen LogP contribution in [0.3, 0.4) is 0 Å². The standard InChI is InChI=1S/C16H18N2O4/c1-11-14(16(21)18(2)10-6-9-13(19)20)22-15(17-11)12-7-4-3-5-8-12/h3-5,7-8H,6,9-10H2,1-2H3,(H,19,20). The van der Waals surface area contributed by atoms with E-state index in [1.54, 1.807) is 14.0 Å². The van der Waals surface area contributed by atoms with Gasteiger partial charge in [0.15, 0.2) is 0 Å². The van der Waals surface area contributed by atoms with Crippen molar-refractivity contribution in [2.45, 2.75) is 19.8 Å². The molecule has 0 fully saturated rings. The van der Waals surface area contributed by atoms with Gasteiger partial charge in [-0.1, -0.05) is 18.2 Å². The second-order valence-electron chi connectivity index (χ2n) is 5.02. The zero-order chi connectivity index (χ0) is 16.1. The minimum Gasteiger partial charge on any atom is -0.481 e. The van der Waals surface area contributed by atoms with Gasteiger partial charge in [-0.05, 0) is 25.5 Å². The highest BCUT2D eigenvalue weighted by Gasteiger charge is 2.21. The Balaban J connectivity index is 2.10. The first kappa shape index (κ1) is 15.8. The number of nitrogens with zero attached hydrogens (tertiary/aromatic N) is 2. The number of amides is 1. The van der Waals surface area contributed by atoms with Gasteiger partial charge in [0.25, 0.3) is 5.91 Å². The molecule has 0 aliphatic rings. The second-order valence-corrected chi connectivity index (χ2v) is 5.02. The van der Waals surface area contributed by atoms with E-state index in [4.69, 9.17) is 9.52 Å². The van der Waals surface area contributed by atoms with Gasteiger partial charge in [-0.2, -0.15) is 0 Å². The third kappa shape index (κ3) is 3.72. The van der Waals surface area contributed by atoms with Crippen LogP contribution in [0.4, 0.5) is 0 Å². The number of carbonyl (C=O) groups is 2. The molecule has 2 rings (SSSR count). The fourth-order valence-electron chi connectivity index (χ4n) is 2.04. The normalized spacial score (nSPS) is 10.5. The SMILES string of the molecule is Cc1nc(-c2ccccc2)oc1C(=O)N(C)CCCC(=O)O. The van der Waals surface area contributed by atoms with Crippen molar-refractivity contribution in [3.05, 3.63) is 41.8 Å². The van der Waals surface area contributed by atoms with Crippen LogP contribution in [0, 0.1) is 6.92 Å². The van der Waals surface area contributed by atoms with Crippen LogP contribution in [0.25, 0.3) is 11.5 Å². The molecule has 116 valence electrons. The lowest BCUT2D eigenvalue weighted by atomic mass is 10.2. The summed E-state index contributed by atoms with van der Waals surface area (Å²) in [4.78, 5) is 28.6. The predicted molar refractivity (Wildman–Crippen MR) is 80.5 cm³/mol. The van der Waals surface area contributed by atoms with Gasteiger partial charge in [0.05, 0.1) is 5.69 Å². The molecule has 0 spiro atoms. The topological polar surface area (TPSA) is 83.6 Å². The van der Waals surface area contributed by atoms with Gasteiger partial charge in [-0.25, -0.2) is 4.98 Å². The Labute approximate surface area is 128 Å². The zero-order valence-corrected chi connectivity index (χ0v) is 12.6. The van der Waals surface area contributed by atoms with Crippen molar-refractivity contribution < 1.29 is 19.1 Å². The molecule has 6 nitrogen and oxygen atoms in total. The van der Waals surface area contributed by atoms with E-state index in [1.165, 1.54) is 4.90 Å². The smallest absolute Gasteiger partial charge is 0.303 e. The Morgan fingerprint density at radius 1 is 1.27 bits per heavy atom. The highest BCUT2D eigenvalue weighted by molar-refractivity contribution is 5.92. The number of carboxylic acids is 1. The molecule has 22 heavy (non-hydrogen) atoms. The molecule has 0 saturated heterocycles. The molecule has 1 aromatic carbocycles. The van der Waals surface area contributed by atoms with Crippen LogP contribution in [0.1, 0.15) is 29.1 Å². The van der Waals surface area contributed by atoms with E-state index in [2.05, 4.69) is 4.98 Å². The van der Waals surface area contributed by atoms with Gasteiger partial charge in [-0.3, -0.25) is 9.59 Å². The van der Waals surface area contributed by atoms with Crippen molar-refractivity contribution in [3.8, 4) is 11.5 Å². The quantitative estimate of drug-likeness (QED) is 0.886. The van der Waals surface area contributed by atoms with Crippen LogP contribution in [0.5, 0.6) is 0 Å². The maximum atomic E-state index is 12.3. The van der Waals surface area contributed by atoms with E-state index in [1.807, 2.05) is 30.3 Å². The maximum absolute atomic E-state index is 12.3. The summed E-state index contributed by atoms with van der Waals surface area (Å²) in [5, 5.41) is 8.62. The molecule has 0 aliphatic heterocycles. The van der Waals surface area contributed by atoms with Gasteiger partial charge in [0, 0.05) is 25.6 Å². The first-order valence-corrected chi connectivity index (χ1v) is 6.99. The summed E-state index contributed by atoms with van der Waals surface area (Å²) < 4.78 is 5.59. The Bertz CT molecular complexity index is 664. The fraction of sp³-hybridized carbons (Fsp3) is 0.312. The Morgan fingerprint density at radius 2 is 1.95 bits per heavy atom. The first-order valence-electron chi connectivity index (χ1n) is 6.99. The first-order chi connectivity index (χ1) is 10.5. The van der Waals surface area contributed by atoms with Crippen molar-refractivity contribution in [3.63, 3.8) is 0 Å². The zero-order valence-electron chi connectivity index (χ0n) is 12.6. The van der Waals surface area contributed by atoms with Crippen LogP contribution in [-0.4, -0.2) is 40.5 Å². The number of aromatic nitrogens is 1. The van der Waals surface area contributed by atoms with Crippen LogP contribution >= 0.6 is 0 Å². The highest BCUT2D eigenvalue weighted by atomic mass is 16.4. The summed E-state index contributed by atoms with van der Waals surface area (Å²) in [7, 11) is 1.62. The summed E-state index contributed by atoms with van der Waals surface area (Å²) in [5.74, 6) is -0.572. The van der Waals surface area contributed by atoms with Crippen LogP contribution < -0.4 is 0 Å². The van der Waals surface area contributed by atoms with Gasteiger partial charge < -0.3 is 14.4 Å². The molecule has 0 aliphatic carbocycles. The molecule has 0 unspecified atom stereocenters. The number of benzene rings is 1. The lowest BCUT2D eigenvalue weighted by Crippen LogP contribution is -2.28. The summed E-state index contributed by atoms with van der Waals surface area (Å²) in [6.07, 6.45) is 0.429. The third-order valence-electron chi connectivity index (χ3n) is 3.24. The Kier molecular flexibility index (Phi) is 4.93. The minimum absolute atomic E-state index is 0.0300. The van der Waals surface area contributed by atoms with Crippen molar-refractivity contribution in [1.29, 1.82) is 0 Å². The minimum atomic E-state index is -0.872. The van der Waals surface area contributed by atoms with Gasteiger partial charge >= 0.3 is 5.97 Å². The molecule has 0 atom stereocenters. The van der Waals surface area contributed by atoms with E-state index >= 15 is 0 Å². The van der Waals surface area contributed by atoms with Gasteiger partial charge in [0.2, 0.25) is 11.7 Å². The monoisotopic (exact) mass is 302 g/mol. The highest BCUT2D eigenvalue weighted by Crippen LogP contribution is 2.22. The van der Waals surface area contributed by atoms with E-state index in [-0.39, 0.29) is 18.1 Å². The molecule has 1 N–H and O–H groups in total. The lowest BCUT2D eigenvalue weighted by Gasteiger charge is -2.14. The van der Waals surface area contributed by atoms with Crippen molar-refractivity contribution in [2.75, 3.05) is 13.6 Å². The molecule has 2 aromatic rings. The molecule has 0 radical (unpaired) electrons. The van der Waals surface area contributed by atoms with Crippen molar-refractivity contribution >= 4 is 11.9 Å². The Hall–Kier alpha value is -2.63. The molecule has 1 aromatic heterocycles. The van der Waals surface area contributed by atoms with Crippen LogP contribution in [0.15, 0.2) is 34.7 Å². The number of hydrogen-bond acceptors (Lipinski definition) is 4. The number of oxazole rings is 1. The van der Waals surface area contributed by atoms with Crippen molar-refractivity contribution in [1.82, 2.24) is 9.88 Å². The number of hydrogen-bond donors (Lipinski definition) is 1. The van der Waals surface area contributed by atoms with Crippen LogP contribution in [-0.2, 0) is 4.79 Å². The average molecular weight is 302 g/mol. The molecule has 1 heterocycles. The molecule has 1 amide bonds. The number of aliphatic carboxylic acids is 1. The molecular weight excluding hydrogens is 284 g/mol. The fourth-order valence-corrected chi connectivity index (χ4v) is 2.04. The second kappa shape index (κ2) is 6.89. The molecule has 0 saturated carbocycles. The van der Waals surface area contributed by atoms with Gasteiger partial charge in [0.1, 0.15) is 0 Å². The van der Waals surface area contributed by atoms with Crippen LogP contribution in [0.2, 0.25) is 0 Å². The van der Waals surface area contributed by atoms with E-state index in [0.717, 1.165) is 5.56 Å². The van der Waals surface area contributed by atoms with Crippen molar-refractivity contribution in [2.24, 2.45) is 0 Å². The largest absolute Gasteiger partial charge is 0.481 e. The average Bonchev–Trinajstić information content (AvgIpc) is 2.89. The Morgan fingerprint density at radius 3 is 2.59 bits per heavy atom. The maximum Gasteiger partial charge on any atom is 0.303 e. The number of rotatable bonds is 6. The van der Waals surface area contributed by atoms with E-state index in [9.17, 15) is 9.59 Å². The number of aryl methyl sites for hydroxylation is 1. The summed E-state index contributed by atoms with van der Waals surface area (Å²) in [6.45, 7) is 2.07. The third-order valence-corrected chi connectivity index (χ3v) is 3.24. The summed E-state index contributed by atoms with van der Waals surface area (Å²) in [6, 6.07) is 9.34. The van der Waals surface area contributed by atoms with E-state index < -0.39 is 5.97 Å².